The minimum atomic E-state index is -1.89. The first kappa shape index (κ1) is 8.96. The fourth-order valence-electron chi connectivity index (χ4n) is 3.62. The summed E-state index contributed by atoms with van der Waals surface area (Å²) in [5, 5.41) is 2.72. The number of halogens is 2. The summed E-state index contributed by atoms with van der Waals surface area (Å²) >= 11 is 5.08. The van der Waals surface area contributed by atoms with Crippen molar-refractivity contribution in [2.75, 3.05) is 0 Å². The normalized spacial score (nSPS) is 50.0. The molecule has 4 heteroatoms. The van der Waals surface area contributed by atoms with Crippen molar-refractivity contribution in [3.05, 3.63) is 0 Å². The molecule has 3 rings (SSSR count). The first-order valence-electron chi connectivity index (χ1n) is 5.25. The van der Waals surface area contributed by atoms with Crippen LogP contribution in [0.3, 0.4) is 0 Å². The Labute approximate surface area is 87.2 Å². The maximum atomic E-state index is 12.5. The van der Waals surface area contributed by atoms with Crippen LogP contribution in [0.15, 0.2) is 0 Å². The zero-order chi connectivity index (χ0) is 9.87. The first-order valence-corrected chi connectivity index (χ1v) is 5.69. The molecule has 0 aromatic rings. The Morgan fingerprint density at radius 1 is 1.29 bits per heavy atom. The van der Waals surface area contributed by atoms with Gasteiger partial charge in [-0.3, -0.25) is 4.79 Å². The summed E-state index contributed by atoms with van der Waals surface area (Å²) in [6.45, 7) is 0. The third-order valence-electron chi connectivity index (χ3n) is 4.22. The highest BCUT2D eigenvalue weighted by molar-refractivity contribution is 6.29. The zero-order valence-corrected chi connectivity index (χ0v) is 8.51. The average Bonchev–Trinajstić information content (AvgIpc) is 2.75. The number of hydrogen-bond donors (Lipinski definition) is 1. The molecule has 3 saturated carbocycles. The van der Waals surface area contributed by atoms with Gasteiger partial charge in [-0.25, -0.2) is 4.39 Å². The van der Waals surface area contributed by atoms with Gasteiger partial charge in [0.2, 0.25) is 0 Å². The predicted octanol–water partition coefficient (Wildman–Crippen LogP) is 1.68. The Balaban J connectivity index is 1.63. The van der Waals surface area contributed by atoms with E-state index in [0.29, 0.717) is 5.92 Å². The van der Waals surface area contributed by atoms with E-state index >= 15 is 0 Å². The van der Waals surface area contributed by atoms with Crippen LogP contribution in [0, 0.1) is 23.7 Å². The monoisotopic (exact) mass is 217 g/mol. The molecular weight excluding hydrogens is 205 g/mol. The molecule has 0 aliphatic heterocycles. The van der Waals surface area contributed by atoms with Crippen LogP contribution in [0.5, 0.6) is 0 Å². The largest absolute Gasteiger partial charge is 0.349 e. The first-order chi connectivity index (χ1) is 6.66. The van der Waals surface area contributed by atoms with Gasteiger partial charge in [-0.05, 0) is 42.9 Å². The van der Waals surface area contributed by atoms with Crippen molar-refractivity contribution in [2.24, 2.45) is 23.7 Å². The van der Waals surface area contributed by atoms with E-state index in [4.69, 9.17) is 11.6 Å². The lowest BCUT2D eigenvalue weighted by Gasteiger charge is -2.22. The number of rotatable bonds is 2. The summed E-state index contributed by atoms with van der Waals surface area (Å²) < 4.78 is 12.5. The smallest absolute Gasteiger partial charge is 0.270 e. The van der Waals surface area contributed by atoms with Gasteiger partial charge in [-0.15, -0.1) is 0 Å². The topological polar surface area (TPSA) is 29.1 Å². The molecule has 0 radical (unpaired) electrons. The summed E-state index contributed by atoms with van der Waals surface area (Å²) in [5.74, 6) is 2.52. The molecule has 0 saturated heterocycles. The summed E-state index contributed by atoms with van der Waals surface area (Å²) in [5.41, 5.74) is -1.89. The molecule has 14 heavy (non-hydrogen) atoms. The average molecular weight is 218 g/mol. The molecule has 6 atom stereocenters. The lowest BCUT2D eigenvalue weighted by molar-refractivity contribution is -0.124. The molecule has 3 aliphatic carbocycles. The second-order valence-electron chi connectivity index (χ2n) is 4.87. The number of amides is 1. The zero-order valence-electron chi connectivity index (χ0n) is 7.75. The fraction of sp³-hybridized carbons (Fsp3) is 0.900. The van der Waals surface area contributed by atoms with Crippen molar-refractivity contribution in [3.8, 4) is 0 Å². The van der Waals surface area contributed by atoms with Gasteiger partial charge >= 0.3 is 0 Å². The van der Waals surface area contributed by atoms with Gasteiger partial charge in [0.1, 0.15) is 0 Å². The van der Waals surface area contributed by atoms with Crippen LogP contribution >= 0.6 is 11.6 Å². The molecule has 0 heterocycles. The summed E-state index contributed by atoms with van der Waals surface area (Å²) in [6.07, 6.45) is 3.61. The SMILES string of the molecule is O=C(NC1CC2CC1C1CC21)C(F)Cl. The third kappa shape index (κ3) is 1.18. The van der Waals surface area contributed by atoms with Gasteiger partial charge in [-0.1, -0.05) is 11.6 Å². The molecule has 3 aliphatic rings. The molecule has 1 amide bonds. The van der Waals surface area contributed by atoms with Crippen LogP contribution in [0.25, 0.3) is 0 Å². The Bertz CT molecular complexity index is 283. The molecule has 78 valence electrons. The maximum absolute atomic E-state index is 12.5. The Hall–Kier alpha value is -0.310. The summed E-state index contributed by atoms with van der Waals surface area (Å²) in [7, 11) is 0. The van der Waals surface area contributed by atoms with Crippen LogP contribution in [0.4, 0.5) is 4.39 Å². The number of alkyl halides is 2. The number of nitrogens with one attached hydrogen (secondary N) is 1. The van der Waals surface area contributed by atoms with Gasteiger partial charge in [0.15, 0.2) is 0 Å². The van der Waals surface area contributed by atoms with Crippen molar-refractivity contribution >= 4 is 17.5 Å². The van der Waals surface area contributed by atoms with E-state index in [0.717, 1.165) is 24.2 Å². The molecule has 0 spiro atoms. The third-order valence-corrected chi connectivity index (χ3v) is 4.42. The van der Waals surface area contributed by atoms with Crippen LogP contribution in [0.1, 0.15) is 19.3 Å². The van der Waals surface area contributed by atoms with E-state index in [2.05, 4.69) is 5.32 Å². The lowest BCUT2D eigenvalue weighted by atomic mass is 9.95. The number of hydrogen-bond acceptors (Lipinski definition) is 1. The number of fused-ring (bicyclic) bond motifs is 5. The van der Waals surface area contributed by atoms with Crippen LogP contribution < -0.4 is 5.32 Å². The highest BCUT2D eigenvalue weighted by Crippen LogP contribution is 2.65. The minimum Gasteiger partial charge on any atom is -0.349 e. The lowest BCUT2D eigenvalue weighted by Crippen LogP contribution is -2.41. The second-order valence-corrected chi connectivity index (χ2v) is 5.26. The van der Waals surface area contributed by atoms with Gasteiger partial charge in [-0.2, -0.15) is 0 Å². The molecule has 0 aromatic heterocycles. The maximum Gasteiger partial charge on any atom is 0.270 e. The summed E-state index contributed by atoms with van der Waals surface area (Å²) in [6, 6.07) is 0.202. The van der Waals surface area contributed by atoms with Gasteiger partial charge in [0.25, 0.3) is 11.5 Å². The fourth-order valence-corrected chi connectivity index (χ4v) is 3.68. The van der Waals surface area contributed by atoms with Gasteiger partial charge < -0.3 is 5.32 Å². The highest BCUT2D eigenvalue weighted by atomic mass is 35.5. The van der Waals surface area contributed by atoms with E-state index in [1.165, 1.54) is 12.8 Å². The van der Waals surface area contributed by atoms with E-state index in [-0.39, 0.29) is 6.04 Å². The Kier molecular flexibility index (Phi) is 1.82. The molecule has 0 aromatic carbocycles. The molecule has 2 bridgehead atoms. The number of carbonyl (C=O) groups is 1. The summed E-state index contributed by atoms with van der Waals surface area (Å²) in [4.78, 5) is 11.1. The molecule has 1 N–H and O–H groups in total. The number of carbonyl (C=O) groups excluding carboxylic acids is 1. The highest BCUT2D eigenvalue weighted by Gasteiger charge is 2.61. The van der Waals surface area contributed by atoms with Crippen LogP contribution in [-0.2, 0) is 4.79 Å². The minimum absolute atomic E-state index is 0.202. The van der Waals surface area contributed by atoms with Gasteiger partial charge in [0.05, 0.1) is 0 Å². The van der Waals surface area contributed by atoms with Crippen molar-refractivity contribution in [3.63, 3.8) is 0 Å². The van der Waals surface area contributed by atoms with Crippen molar-refractivity contribution < 1.29 is 9.18 Å². The molecule has 2 nitrogen and oxygen atoms in total. The van der Waals surface area contributed by atoms with Gasteiger partial charge in [0, 0.05) is 6.04 Å². The van der Waals surface area contributed by atoms with E-state index < -0.39 is 11.5 Å². The second kappa shape index (κ2) is 2.84. The Morgan fingerprint density at radius 3 is 2.64 bits per heavy atom. The quantitative estimate of drug-likeness (QED) is 0.701. The van der Waals surface area contributed by atoms with Crippen LogP contribution in [-0.4, -0.2) is 17.6 Å². The molecular formula is C10H13ClFNO. The van der Waals surface area contributed by atoms with Crippen molar-refractivity contribution in [1.29, 1.82) is 0 Å². The van der Waals surface area contributed by atoms with Crippen molar-refractivity contribution in [1.82, 2.24) is 5.32 Å². The molecule has 6 unspecified atom stereocenters. The van der Waals surface area contributed by atoms with E-state index in [1.54, 1.807) is 0 Å². The standard InChI is InChI=1S/C10H13ClFNO/c11-9(12)10(14)13-8-2-4-1-7(8)6-3-5(4)6/h4-9H,1-3H2,(H,13,14). The predicted molar refractivity (Wildman–Crippen MR) is 50.5 cm³/mol. The van der Waals surface area contributed by atoms with Crippen LogP contribution in [0.2, 0.25) is 0 Å². The molecule has 3 fully saturated rings. The van der Waals surface area contributed by atoms with Crippen molar-refractivity contribution in [2.45, 2.75) is 30.9 Å². The Morgan fingerprint density at radius 2 is 2.07 bits per heavy atom. The van der Waals surface area contributed by atoms with E-state index in [1.807, 2.05) is 0 Å². The van der Waals surface area contributed by atoms with E-state index in [9.17, 15) is 9.18 Å².